The average Bonchev–Trinajstić information content (AvgIpc) is 3.18. The van der Waals surface area contributed by atoms with Crippen LogP contribution in [0.5, 0.6) is 5.75 Å². The van der Waals surface area contributed by atoms with Crippen molar-refractivity contribution in [2.75, 3.05) is 13.2 Å². The number of aliphatic imine (C=N–C) groups is 1. The zero-order valence-corrected chi connectivity index (χ0v) is 23.2. The van der Waals surface area contributed by atoms with Gasteiger partial charge in [0.05, 0.1) is 13.2 Å². The Morgan fingerprint density at radius 3 is 2.70 bits per heavy atom. The van der Waals surface area contributed by atoms with Gasteiger partial charge in [-0.2, -0.15) is 15.5 Å². The molecule has 216 valence electrons. The van der Waals surface area contributed by atoms with Gasteiger partial charge in [0.2, 0.25) is 0 Å². The second kappa shape index (κ2) is 13.2. The fourth-order valence-corrected chi connectivity index (χ4v) is 5.59. The van der Waals surface area contributed by atoms with Crippen LogP contribution in [0.25, 0.3) is 0 Å². The summed E-state index contributed by atoms with van der Waals surface area (Å²) in [6.45, 7) is 8.13. The van der Waals surface area contributed by atoms with E-state index in [1.54, 1.807) is 39.0 Å². The van der Waals surface area contributed by atoms with Gasteiger partial charge in [0.25, 0.3) is 5.72 Å². The molecule has 1 unspecified atom stereocenters. The van der Waals surface area contributed by atoms with Crippen molar-refractivity contribution in [3.05, 3.63) is 54.8 Å². The third-order valence-electron chi connectivity index (χ3n) is 5.92. The molecule has 1 aromatic carbocycles. The third-order valence-corrected chi connectivity index (χ3v) is 7.46. The van der Waals surface area contributed by atoms with Crippen LogP contribution in [0.1, 0.15) is 20.8 Å². The lowest BCUT2D eigenvalue weighted by Crippen LogP contribution is -2.55. The molecule has 0 aromatic heterocycles. The van der Waals surface area contributed by atoms with E-state index in [0.717, 1.165) is 11.3 Å². The molecule has 0 saturated carbocycles. The Labute approximate surface area is 232 Å². The lowest BCUT2D eigenvalue weighted by Gasteiger charge is -2.36. The molecular formula is C25H33N6O8P. The van der Waals surface area contributed by atoms with Crippen LogP contribution in [-0.2, 0) is 23.4 Å². The smallest absolute Gasteiger partial charge is 0.459 e. The number of hydrogen-bond donors (Lipinski definition) is 4. The molecule has 0 amide bonds. The van der Waals surface area contributed by atoms with Crippen LogP contribution in [0.3, 0.4) is 0 Å². The molecule has 1 saturated heterocycles. The van der Waals surface area contributed by atoms with E-state index < -0.39 is 50.4 Å². The van der Waals surface area contributed by atoms with Crippen molar-refractivity contribution in [1.82, 2.24) is 10.1 Å². The third kappa shape index (κ3) is 6.59. The Morgan fingerprint density at radius 2 is 2.10 bits per heavy atom. The molecule has 2 aliphatic heterocycles. The van der Waals surface area contributed by atoms with Crippen LogP contribution < -0.4 is 15.3 Å². The van der Waals surface area contributed by atoms with E-state index in [9.17, 15) is 24.8 Å². The number of allylic oxidation sites excluding steroid dienone is 2. The predicted octanol–water partition coefficient (Wildman–Crippen LogP) is 1.39. The summed E-state index contributed by atoms with van der Waals surface area (Å²) in [4.78, 5) is 16.4. The number of benzene rings is 1. The number of aliphatic hydroxyl groups is 2. The van der Waals surface area contributed by atoms with E-state index in [1.807, 2.05) is 6.07 Å². The summed E-state index contributed by atoms with van der Waals surface area (Å²) in [5.41, 5.74) is 3.75. The number of hydrogen-bond acceptors (Lipinski definition) is 13. The molecular weight excluding hydrogens is 543 g/mol. The summed E-state index contributed by atoms with van der Waals surface area (Å²) in [7, 11) is -4.36. The van der Waals surface area contributed by atoms with Crippen molar-refractivity contribution in [1.29, 1.82) is 5.26 Å². The van der Waals surface area contributed by atoms with E-state index in [-0.39, 0.29) is 29.8 Å². The molecule has 2 heterocycles. The highest BCUT2D eigenvalue weighted by molar-refractivity contribution is 7.52. The maximum atomic E-state index is 13.9. The summed E-state index contributed by atoms with van der Waals surface area (Å²) >= 11 is 0. The number of esters is 1. The quantitative estimate of drug-likeness (QED) is 0.206. The first-order chi connectivity index (χ1) is 19.0. The van der Waals surface area contributed by atoms with Gasteiger partial charge in [-0.05, 0) is 31.1 Å². The number of nitriles is 1. The van der Waals surface area contributed by atoms with Crippen molar-refractivity contribution in [2.45, 2.75) is 50.8 Å². The minimum atomic E-state index is -4.36. The zero-order valence-electron chi connectivity index (χ0n) is 22.3. The summed E-state index contributed by atoms with van der Waals surface area (Å²) in [6.07, 6.45) is -1.12. The number of carbonyl (C=O) groups excluding carboxylic acids is 1. The highest BCUT2D eigenvalue weighted by Gasteiger charge is 2.60. The molecule has 6 atom stereocenters. The Kier molecular flexibility index (Phi) is 10.2. The van der Waals surface area contributed by atoms with Gasteiger partial charge in [0.15, 0.2) is 5.84 Å². The van der Waals surface area contributed by atoms with Crippen molar-refractivity contribution in [2.24, 2.45) is 21.7 Å². The number of carbonyl (C=O) groups is 1. The molecule has 0 spiro atoms. The number of aliphatic hydroxyl groups excluding tert-OH is 2. The number of nitrogens with zero attached hydrogens (tertiary/aromatic N) is 4. The van der Waals surface area contributed by atoms with Gasteiger partial charge in [-0.25, -0.2) is 14.6 Å². The van der Waals surface area contributed by atoms with Crippen molar-refractivity contribution < 1.29 is 38.1 Å². The molecule has 1 aromatic rings. The number of ether oxygens (including phenoxy) is 2. The van der Waals surface area contributed by atoms with Gasteiger partial charge >= 0.3 is 13.7 Å². The van der Waals surface area contributed by atoms with Gasteiger partial charge in [-0.15, -0.1) is 0 Å². The normalized spacial score (nSPS) is 27.5. The largest absolute Gasteiger partial charge is 0.465 e. The van der Waals surface area contributed by atoms with Gasteiger partial charge in [0.1, 0.15) is 48.2 Å². The van der Waals surface area contributed by atoms with Crippen molar-refractivity contribution >= 4 is 25.9 Å². The highest BCUT2D eigenvalue weighted by Crippen LogP contribution is 2.47. The summed E-state index contributed by atoms with van der Waals surface area (Å²) < 4.78 is 36.2. The van der Waals surface area contributed by atoms with Gasteiger partial charge in [0, 0.05) is 0 Å². The second-order valence-corrected chi connectivity index (χ2v) is 10.7. The molecule has 1 fully saturated rings. The maximum Gasteiger partial charge on any atom is 0.459 e. The van der Waals surface area contributed by atoms with Crippen molar-refractivity contribution in [3.8, 4) is 11.8 Å². The molecule has 40 heavy (non-hydrogen) atoms. The Bertz CT molecular complexity index is 1250. The molecule has 0 bridgehead atoms. The van der Waals surface area contributed by atoms with E-state index in [2.05, 4.69) is 21.8 Å². The SMILES string of the molecule is C=C/C=C1/C(N)=NC=NN1[C@]1(C#N)O[C@H](COP(=O)(N[C@H](C(=O)OCC)C(C)C)Oc2ccccc2)[C@@H](O)[C@H]1O. The highest BCUT2D eigenvalue weighted by atomic mass is 31.2. The molecule has 5 N–H and O–H groups in total. The number of para-hydroxylation sites is 1. The lowest BCUT2D eigenvalue weighted by molar-refractivity contribution is -0.146. The van der Waals surface area contributed by atoms with Gasteiger partial charge in [-0.1, -0.05) is 44.7 Å². The number of amidine groups is 1. The first-order valence-corrected chi connectivity index (χ1v) is 13.9. The Morgan fingerprint density at radius 1 is 1.40 bits per heavy atom. The first-order valence-electron chi connectivity index (χ1n) is 12.4. The van der Waals surface area contributed by atoms with Crippen LogP contribution in [0.4, 0.5) is 0 Å². The number of nitrogens with two attached hydrogens (primary N) is 1. The topological polar surface area (TPSA) is 201 Å². The maximum absolute atomic E-state index is 13.9. The van der Waals surface area contributed by atoms with Crippen molar-refractivity contribution in [3.63, 3.8) is 0 Å². The molecule has 15 heteroatoms. The zero-order chi connectivity index (χ0) is 29.5. The Hall–Kier alpha value is -3.57. The van der Waals surface area contributed by atoms with E-state index >= 15 is 0 Å². The molecule has 2 aliphatic rings. The monoisotopic (exact) mass is 576 g/mol. The fourth-order valence-electron chi connectivity index (χ4n) is 3.92. The van der Waals surface area contributed by atoms with E-state index in [1.165, 1.54) is 24.3 Å². The summed E-state index contributed by atoms with van der Waals surface area (Å²) in [5, 5.41) is 39.5. The summed E-state index contributed by atoms with van der Waals surface area (Å²) in [6, 6.07) is 8.85. The lowest BCUT2D eigenvalue weighted by atomic mass is 10.0. The number of hydrazone groups is 1. The minimum Gasteiger partial charge on any atom is -0.465 e. The van der Waals surface area contributed by atoms with Crippen LogP contribution in [0.15, 0.2) is 64.9 Å². The second-order valence-electron chi connectivity index (χ2n) is 9.05. The Balaban J connectivity index is 1.89. The average molecular weight is 577 g/mol. The number of rotatable bonds is 12. The molecule has 0 aliphatic carbocycles. The first kappa shape index (κ1) is 31.0. The van der Waals surface area contributed by atoms with E-state index in [4.69, 9.17) is 24.3 Å². The fraction of sp³-hybridized carbons (Fsp3) is 0.440. The molecule has 0 radical (unpaired) electrons. The standard InChI is InChI=1S/C25H33N6O8P/c1-5-10-18-23(27)28-15-29-31(18)25(14-26)22(33)21(32)19(38-25)13-37-40(35,39-17-11-8-7-9-12-17)30-20(16(3)4)24(34)36-6-2/h5,7-12,15-16,19-22,32-33H,1,6,13H2,2-4H3,(H,30,35)(H2,27,28,29)/b18-10-/t19-,20+,21-,22-,25-,40?/m1/s1. The van der Waals surface area contributed by atoms with E-state index in [0.29, 0.717) is 0 Å². The predicted molar refractivity (Wildman–Crippen MR) is 144 cm³/mol. The van der Waals surface area contributed by atoms with Crippen LogP contribution in [0.2, 0.25) is 0 Å². The van der Waals surface area contributed by atoms with Crippen LogP contribution in [-0.4, -0.2) is 76.7 Å². The molecule has 3 rings (SSSR count). The minimum absolute atomic E-state index is 0.0434. The summed E-state index contributed by atoms with van der Waals surface area (Å²) in [5.74, 6) is -0.924. The van der Waals surface area contributed by atoms with Crippen LogP contribution >= 0.6 is 7.75 Å². The molecule has 14 nitrogen and oxygen atoms in total. The van der Waals surface area contributed by atoms with Crippen LogP contribution in [0, 0.1) is 17.2 Å². The van der Waals surface area contributed by atoms with Gasteiger partial charge in [-0.3, -0.25) is 9.32 Å². The number of nitrogens with one attached hydrogen (secondary N) is 1. The van der Waals surface area contributed by atoms with Gasteiger partial charge < -0.3 is 29.9 Å².